The Kier molecular flexibility index (Phi) is 4.98. The minimum atomic E-state index is -3.31. The second-order valence-corrected chi connectivity index (χ2v) is 8.87. The van der Waals surface area contributed by atoms with Gasteiger partial charge < -0.3 is 5.32 Å². The van der Waals surface area contributed by atoms with E-state index in [1.165, 1.54) is 30.1 Å². The van der Waals surface area contributed by atoms with Gasteiger partial charge in [-0.1, -0.05) is 20.8 Å². The molecule has 0 atom stereocenters. The van der Waals surface area contributed by atoms with Gasteiger partial charge in [-0.3, -0.25) is 4.79 Å². The highest BCUT2D eigenvalue weighted by Gasteiger charge is 2.14. The highest BCUT2D eigenvalue weighted by atomic mass is 32.2. The van der Waals surface area contributed by atoms with Crippen LogP contribution in [0.1, 0.15) is 20.8 Å². The van der Waals surface area contributed by atoms with Crippen molar-refractivity contribution in [2.45, 2.75) is 30.5 Å². The summed E-state index contributed by atoms with van der Waals surface area (Å²) in [6.07, 6.45) is 2.43. The first kappa shape index (κ1) is 16.0. The SMILES string of the molecule is CC(C)(C)SCC(=O)Nc1ccc(S(C)(=O)=O)nc1. The molecule has 0 saturated heterocycles. The molecule has 0 unspecified atom stereocenters. The molecule has 0 fully saturated rings. The molecule has 1 heterocycles. The maximum Gasteiger partial charge on any atom is 0.234 e. The Morgan fingerprint density at radius 2 is 2.00 bits per heavy atom. The van der Waals surface area contributed by atoms with Crippen molar-refractivity contribution in [2.24, 2.45) is 0 Å². The number of nitrogens with one attached hydrogen (secondary N) is 1. The average Bonchev–Trinajstić information content (AvgIpc) is 2.25. The second-order valence-electron chi connectivity index (χ2n) is 5.11. The maximum atomic E-state index is 11.7. The number of pyridine rings is 1. The number of rotatable bonds is 4. The molecule has 0 aliphatic carbocycles. The first-order valence-electron chi connectivity index (χ1n) is 5.68. The molecule has 0 aliphatic rings. The van der Waals surface area contributed by atoms with E-state index in [9.17, 15) is 13.2 Å². The zero-order chi connectivity index (χ0) is 14.7. The number of aromatic nitrogens is 1. The van der Waals surface area contributed by atoms with Crippen LogP contribution in [0.3, 0.4) is 0 Å². The summed E-state index contributed by atoms with van der Waals surface area (Å²) >= 11 is 1.54. The predicted molar refractivity (Wildman–Crippen MR) is 78.2 cm³/mol. The summed E-state index contributed by atoms with van der Waals surface area (Å²) in [4.78, 5) is 15.5. The van der Waals surface area contributed by atoms with Crippen molar-refractivity contribution in [1.82, 2.24) is 4.98 Å². The lowest BCUT2D eigenvalue weighted by molar-refractivity contribution is -0.113. The van der Waals surface area contributed by atoms with Gasteiger partial charge in [0.1, 0.15) is 0 Å². The van der Waals surface area contributed by atoms with Crippen molar-refractivity contribution in [3.8, 4) is 0 Å². The fourth-order valence-electron chi connectivity index (χ4n) is 1.15. The number of carbonyl (C=O) groups is 1. The fraction of sp³-hybridized carbons (Fsp3) is 0.500. The van der Waals surface area contributed by atoms with E-state index in [4.69, 9.17) is 0 Å². The van der Waals surface area contributed by atoms with E-state index in [-0.39, 0.29) is 15.7 Å². The quantitative estimate of drug-likeness (QED) is 0.920. The van der Waals surface area contributed by atoms with E-state index < -0.39 is 9.84 Å². The minimum absolute atomic E-state index is 0.00503. The van der Waals surface area contributed by atoms with Crippen LogP contribution in [0.4, 0.5) is 5.69 Å². The summed E-state index contributed by atoms with van der Waals surface area (Å²) in [5.74, 6) is 0.214. The van der Waals surface area contributed by atoms with E-state index in [2.05, 4.69) is 10.3 Å². The van der Waals surface area contributed by atoms with Crippen LogP contribution in [0.25, 0.3) is 0 Å². The summed E-state index contributed by atoms with van der Waals surface area (Å²) < 4.78 is 22.5. The number of hydrogen-bond donors (Lipinski definition) is 1. The Balaban J connectivity index is 2.61. The van der Waals surface area contributed by atoms with E-state index in [0.717, 1.165) is 6.26 Å². The standard InChI is InChI=1S/C12H18N2O3S2/c1-12(2,3)18-8-10(15)14-9-5-6-11(13-7-9)19(4,16)17/h5-7H,8H2,1-4H3,(H,14,15). The molecule has 1 rings (SSSR count). The van der Waals surface area contributed by atoms with E-state index >= 15 is 0 Å². The molecule has 5 nitrogen and oxygen atoms in total. The molecule has 0 spiro atoms. The molecule has 1 amide bonds. The van der Waals surface area contributed by atoms with Gasteiger partial charge in [-0.25, -0.2) is 13.4 Å². The van der Waals surface area contributed by atoms with Crippen LogP contribution < -0.4 is 5.32 Å². The normalized spacial score (nSPS) is 12.2. The van der Waals surface area contributed by atoms with Crippen molar-refractivity contribution in [3.05, 3.63) is 18.3 Å². The zero-order valence-corrected chi connectivity index (χ0v) is 13.1. The van der Waals surface area contributed by atoms with E-state index in [0.29, 0.717) is 11.4 Å². The Morgan fingerprint density at radius 3 is 2.42 bits per heavy atom. The van der Waals surface area contributed by atoms with Gasteiger partial charge in [-0.15, -0.1) is 11.8 Å². The van der Waals surface area contributed by atoms with Crippen LogP contribution in [-0.2, 0) is 14.6 Å². The number of sulfone groups is 1. The molecule has 1 aromatic heterocycles. The molecule has 106 valence electrons. The van der Waals surface area contributed by atoms with Gasteiger partial charge in [0.2, 0.25) is 5.91 Å². The molecule has 0 radical (unpaired) electrons. The number of thioether (sulfide) groups is 1. The monoisotopic (exact) mass is 302 g/mol. The highest BCUT2D eigenvalue weighted by Crippen LogP contribution is 2.23. The molecule has 1 N–H and O–H groups in total. The second kappa shape index (κ2) is 5.92. The first-order chi connectivity index (χ1) is 8.58. The Bertz CT molecular complexity index is 545. The molecular weight excluding hydrogens is 284 g/mol. The van der Waals surface area contributed by atoms with Gasteiger partial charge in [-0.2, -0.15) is 0 Å². The molecule has 0 aromatic carbocycles. The summed E-state index contributed by atoms with van der Waals surface area (Å²) in [5.41, 5.74) is 0.493. The number of amides is 1. The van der Waals surface area contributed by atoms with Crippen molar-refractivity contribution in [1.29, 1.82) is 0 Å². The average molecular weight is 302 g/mol. The van der Waals surface area contributed by atoms with Crippen LogP contribution in [0.2, 0.25) is 0 Å². The lowest BCUT2D eigenvalue weighted by Gasteiger charge is -2.16. The molecule has 7 heteroatoms. The van der Waals surface area contributed by atoms with E-state index in [1.807, 2.05) is 20.8 Å². The topological polar surface area (TPSA) is 76.1 Å². The predicted octanol–water partition coefficient (Wildman–Crippen LogP) is 1.96. The Hall–Kier alpha value is -1.08. The smallest absolute Gasteiger partial charge is 0.234 e. The molecular formula is C12H18N2O3S2. The maximum absolute atomic E-state index is 11.7. The van der Waals surface area contributed by atoms with Crippen LogP contribution in [0, 0.1) is 0 Å². The largest absolute Gasteiger partial charge is 0.324 e. The fourth-order valence-corrected chi connectivity index (χ4v) is 2.35. The summed E-state index contributed by atoms with van der Waals surface area (Å²) in [5, 5.41) is 2.67. The van der Waals surface area contributed by atoms with E-state index in [1.54, 1.807) is 0 Å². The minimum Gasteiger partial charge on any atom is -0.324 e. The van der Waals surface area contributed by atoms with Gasteiger partial charge >= 0.3 is 0 Å². The van der Waals surface area contributed by atoms with Crippen molar-refractivity contribution in [2.75, 3.05) is 17.3 Å². The van der Waals surface area contributed by atoms with Crippen molar-refractivity contribution >= 4 is 33.2 Å². The van der Waals surface area contributed by atoms with Crippen LogP contribution in [-0.4, -0.2) is 36.1 Å². The van der Waals surface area contributed by atoms with Crippen LogP contribution >= 0.6 is 11.8 Å². The van der Waals surface area contributed by atoms with Gasteiger partial charge in [0.25, 0.3) is 0 Å². The molecule has 0 aliphatic heterocycles. The molecule has 19 heavy (non-hydrogen) atoms. The Morgan fingerprint density at radius 1 is 1.37 bits per heavy atom. The van der Waals surface area contributed by atoms with Crippen molar-refractivity contribution in [3.63, 3.8) is 0 Å². The number of hydrogen-bond acceptors (Lipinski definition) is 5. The third-order valence-electron chi connectivity index (χ3n) is 2.04. The summed E-state index contributed by atoms with van der Waals surface area (Å²) in [7, 11) is -3.31. The third kappa shape index (κ3) is 6.07. The van der Waals surface area contributed by atoms with Gasteiger partial charge in [-0.05, 0) is 12.1 Å². The number of anilines is 1. The highest BCUT2D eigenvalue weighted by molar-refractivity contribution is 8.01. The van der Waals surface area contributed by atoms with Crippen molar-refractivity contribution < 1.29 is 13.2 Å². The van der Waals surface area contributed by atoms with Gasteiger partial charge in [0.15, 0.2) is 14.9 Å². The third-order valence-corrected chi connectivity index (χ3v) is 4.31. The summed E-state index contributed by atoms with van der Waals surface area (Å²) in [6.45, 7) is 6.11. The van der Waals surface area contributed by atoms with Crippen LogP contribution in [0.15, 0.2) is 23.4 Å². The number of nitrogens with zero attached hydrogens (tertiary/aromatic N) is 1. The lowest BCUT2D eigenvalue weighted by atomic mass is 10.3. The van der Waals surface area contributed by atoms with Gasteiger partial charge in [0, 0.05) is 11.0 Å². The molecule has 1 aromatic rings. The Labute approximate surface area is 118 Å². The molecule has 0 bridgehead atoms. The van der Waals surface area contributed by atoms with Crippen LogP contribution in [0.5, 0.6) is 0 Å². The van der Waals surface area contributed by atoms with Gasteiger partial charge in [0.05, 0.1) is 17.6 Å². The molecule has 0 saturated carbocycles. The lowest BCUT2D eigenvalue weighted by Crippen LogP contribution is -2.19. The zero-order valence-electron chi connectivity index (χ0n) is 11.4. The number of carbonyl (C=O) groups excluding carboxylic acids is 1. The first-order valence-corrected chi connectivity index (χ1v) is 8.55. The summed E-state index contributed by atoms with van der Waals surface area (Å²) in [6, 6.07) is 2.91.